The predicted molar refractivity (Wildman–Crippen MR) is 119 cm³/mol. The van der Waals surface area contributed by atoms with Crippen molar-refractivity contribution in [3.05, 3.63) is 75.9 Å². The normalized spacial score (nSPS) is 11.5. The van der Waals surface area contributed by atoms with Gasteiger partial charge in [0.1, 0.15) is 22.9 Å². The number of rotatable bonds is 6. The molecule has 0 saturated carbocycles. The van der Waals surface area contributed by atoms with Crippen molar-refractivity contribution in [2.24, 2.45) is 5.11 Å². The first-order chi connectivity index (χ1) is 17.7. The zero-order chi connectivity index (χ0) is 28.5. The van der Waals surface area contributed by atoms with Crippen LogP contribution in [0.25, 0.3) is 27.4 Å². The molecule has 2 aromatic carbocycles. The number of halogens is 6. The summed E-state index contributed by atoms with van der Waals surface area (Å²) in [5.74, 6) is -2.21. The van der Waals surface area contributed by atoms with E-state index < -0.39 is 30.4 Å². The Morgan fingerprint density at radius 2 is 1.47 bits per heavy atom. The molecule has 0 bridgehead atoms. The molecule has 1 aromatic heterocycles. The van der Waals surface area contributed by atoms with Gasteiger partial charge in [-0.25, -0.2) is 9.59 Å². The fourth-order valence-electron chi connectivity index (χ4n) is 2.73. The van der Waals surface area contributed by atoms with Crippen molar-refractivity contribution in [2.45, 2.75) is 12.7 Å². The van der Waals surface area contributed by atoms with Gasteiger partial charge >= 0.3 is 24.7 Å². The third-order valence-corrected chi connectivity index (χ3v) is 4.20. The summed E-state index contributed by atoms with van der Waals surface area (Å²) in [6, 6.07) is 9.88. The van der Waals surface area contributed by atoms with E-state index in [1.165, 1.54) is 43.5 Å². The molecule has 0 aliphatic rings. The molecule has 0 fully saturated rings. The van der Waals surface area contributed by atoms with E-state index in [0.717, 1.165) is 25.3 Å². The van der Waals surface area contributed by atoms with Crippen LogP contribution < -0.4 is 9.47 Å². The number of hydrogen-bond acceptors (Lipinski definition) is 7. The lowest BCUT2D eigenvalue weighted by Crippen LogP contribution is -2.16. The number of H-pyrrole nitrogens is 1. The van der Waals surface area contributed by atoms with Crippen molar-refractivity contribution in [1.29, 1.82) is 0 Å². The van der Waals surface area contributed by atoms with Crippen molar-refractivity contribution >= 4 is 28.9 Å². The Labute approximate surface area is 209 Å². The van der Waals surface area contributed by atoms with Crippen LogP contribution in [0.4, 0.5) is 26.3 Å². The number of methoxy groups -OCH3 is 2. The highest BCUT2D eigenvalue weighted by Gasteiger charge is 2.31. The summed E-state index contributed by atoms with van der Waals surface area (Å²) in [6.07, 6.45) is -8.35. The maximum Gasteiger partial charge on any atom is 0.573 e. The molecule has 0 atom stereocenters. The molecule has 10 nitrogen and oxygen atoms in total. The lowest BCUT2D eigenvalue weighted by Gasteiger charge is -2.08. The number of nitrogens with zero attached hydrogens (tertiary/aromatic N) is 3. The number of carbonyl (C=O) groups excluding carboxylic acids is 2. The summed E-state index contributed by atoms with van der Waals surface area (Å²) < 4.78 is 88.3. The zero-order valence-electron chi connectivity index (χ0n) is 19.3. The molecule has 3 rings (SSSR count). The number of hydrogen-bond donors (Lipinski definition) is 1. The first-order valence-electron chi connectivity index (χ1n) is 9.92. The van der Waals surface area contributed by atoms with Crippen LogP contribution in [0, 0.1) is 0 Å². The van der Waals surface area contributed by atoms with E-state index in [4.69, 9.17) is 5.53 Å². The van der Waals surface area contributed by atoms with Gasteiger partial charge in [-0.05, 0) is 47.5 Å². The molecule has 0 spiro atoms. The van der Waals surface area contributed by atoms with Gasteiger partial charge in [-0.2, -0.15) is 0 Å². The molecule has 38 heavy (non-hydrogen) atoms. The van der Waals surface area contributed by atoms with Gasteiger partial charge in [-0.15, -0.1) is 26.3 Å². The van der Waals surface area contributed by atoms with E-state index in [2.05, 4.69) is 34.0 Å². The van der Waals surface area contributed by atoms with Crippen molar-refractivity contribution < 1.29 is 54.9 Å². The highest BCUT2D eigenvalue weighted by Crippen LogP contribution is 2.27. The summed E-state index contributed by atoms with van der Waals surface area (Å²) in [6.45, 7) is 0. The second-order valence-corrected chi connectivity index (χ2v) is 6.80. The fraction of sp³-hybridized carbons (Fsp3) is 0.182. The fourth-order valence-corrected chi connectivity index (χ4v) is 2.73. The number of carbonyl (C=O) groups is 2. The van der Waals surface area contributed by atoms with E-state index in [1.807, 2.05) is 0 Å². The molecular weight excluding hydrogens is 530 g/mol. The summed E-state index contributed by atoms with van der Waals surface area (Å²) in [5.41, 5.74) is 8.84. The molecule has 202 valence electrons. The maximum absolute atomic E-state index is 12.0. The molecule has 16 heteroatoms. The van der Waals surface area contributed by atoms with Crippen LogP contribution >= 0.6 is 0 Å². The monoisotopic (exact) mass is 546 g/mol. The minimum atomic E-state index is -4.78. The molecule has 0 saturated heterocycles. The average Bonchev–Trinajstić information content (AvgIpc) is 3.26. The molecule has 0 unspecified atom stereocenters. The molecule has 1 N–H and O–H groups in total. The smallest absolute Gasteiger partial charge is 0.466 e. The van der Waals surface area contributed by atoms with Gasteiger partial charge in [0.05, 0.1) is 14.2 Å². The van der Waals surface area contributed by atoms with Crippen molar-refractivity contribution in [2.75, 3.05) is 14.2 Å². The van der Waals surface area contributed by atoms with Crippen LogP contribution in [0.1, 0.15) is 16.1 Å². The van der Waals surface area contributed by atoms with Crippen LogP contribution in [0.3, 0.4) is 0 Å². The van der Waals surface area contributed by atoms with Crippen molar-refractivity contribution in [3.8, 4) is 11.5 Å². The second-order valence-electron chi connectivity index (χ2n) is 6.80. The number of nitrogens with one attached hydrogen (secondary N) is 1. The quantitative estimate of drug-likeness (QED) is 0.0968. The molecule has 0 radical (unpaired) electrons. The molecule has 0 aliphatic carbocycles. The van der Waals surface area contributed by atoms with Gasteiger partial charge in [0, 0.05) is 21.9 Å². The Hall–Kier alpha value is -4.85. The van der Waals surface area contributed by atoms with E-state index in [0.29, 0.717) is 16.5 Å². The Balaban J connectivity index is 0.000000268. The molecule has 1 heterocycles. The number of esters is 2. The Bertz CT molecular complexity index is 1360. The number of ether oxygens (including phenoxy) is 4. The standard InChI is InChI=1S/C11H8F3N3O3.C11H8F3NO3/c1-19-10(18)9(16-17-15)6-7-2-4-8(5-3-7)20-11(12,13)14;1-17-10(16)9-4-6-2-3-7(5-8(6)15-9)18-11(12,13)14/h2-6H,1H3;2-5,15H,1H3/b9-6-;. The second kappa shape index (κ2) is 12.4. The maximum atomic E-state index is 12.0. The molecule has 0 aliphatic heterocycles. The first kappa shape index (κ1) is 29.4. The molecular formula is C22H16F6N4O6. The van der Waals surface area contributed by atoms with Crippen LogP contribution in [-0.4, -0.2) is 43.9 Å². The van der Waals surface area contributed by atoms with E-state index in [1.54, 1.807) is 0 Å². The lowest BCUT2D eigenvalue weighted by atomic mass is 10.2. The topological polar surface area (TPSA) is 136 Å². The van der Waals surface area contributed by atoms with E-state index in [9.17, 15) is 35.9 Å². The van der Waals surface area contributed by atoms with Gasteiger partial charge in [0.15, 0.2) is 0 Å². The van der Waals surface area contributed by atoms with Crippen LogP contribution in [0.15, 0.2) is 59.3 Å². The third kappa shape index (κ3) is 9.31. The Morgan fingerprint density at radius 1 is 0.895 bits per heavy atom. The number of fused-ring (bicyclic) bond motifs is 1. The largest absolute Gasteiger partial charge is 0.573 e. The summed E-state index contributed by atoms with van der Waals surface area (Å²) >= 11 is 0. The highest BCUT2D eigenvalue weighted by atomic mass is 19.4. The van der Waals surface area contributed by atoms with Crippen molar-refractivity contribution in [3.63, 3.8) is 0 Å². The van der Waals surface area contributed by atoms with Crippen LogP contribution in [0.2, 0.25) is 0 Å². The summed E-state index contributed by atoms with van der Waals surface area (Å²) in [5, 5.41) is 3.72. The molecule has 3 aromatic rings. The van der Waals surface area contributed by atoms with Crippen LogP contribution in [0.5, 0.6) is 11.5 Å². The summed E-state index contributed by atoms with van der Waals surface area (Å²) in [7, 11) is 2.31. The minimum Gasteiger partial charge on any atom is -0.466 e. The number of azide groups is 1. The minimum absolute atomic E-state index is 0.164. The zero-order valence-corrected chi connectivity index (χ0v) is 19.3. The third-order valence-electron chi connectivity index (χ3n) is 4.20. The van der Waals surface area contributed by atoms with E-state index >= 15 is 0 Å². The Morgan fingerprint density at radius 3 is 2.00 bits per heavy atom. The van der Waals surface area contributed by atoms with Crippen LogP contribution in [-0.2, 0) is 14.3 Å². The van der Waals surface area contributed by atoms with Gasteiger partial charge in [0.2, 0.25) is 0 Å². The van der Waals surface area contributed by atoms with E-state index in [-0.39, 0.29) is 17.1 Å². The van der Waals surface area contributed by atoms with Gasteiger partial charge < -0.3 is 23.9 Å². The lowest BCUT2D eigenvalue weighted by molar-refractivity contribution is -0.275. The molecule has 0 amide bonds. The predicted octanol–water partition coefficient (Wildman–Crippen LogP) is 6.26. The number of alkyl halides is 6. The van der Waals surface area contributed by atoms with Gasteiger partial charge in [-0.3, -0.25) is 0 Å². The average molecular weight is 546 g/mol. The SMILES string of the molecule is COC(=O)/C(=C/c1ccc(OC(F)(F)F)cc1)N=[N+]=[N-].COC(=O)c1cc2ccc(OC(F)(F)F)cc2[nH]1. The number of benzene rings is 2. The summed E-state index contributed by atoms with van der Waals surface area (Å²) in [4.78, 5) is 27.6. The first-order valence-corrected chi connectivity index (χ1v) is 9.92. The van der Waals surface area contributed by atoms with Gasteiger partial charge in [0.25, 0.3) is 0 Å². The highest BCUT2D eigenvalue weighted by molar-refractivity contribution is 5.95. The van der Waals surface area contributed by atoms with Gasteiger partial charge in [-0.1, -0.05) is 17.2 Å². The van der Waals surface area contributed by atoms with Crippen molar-refractivity contribution in [1.82, 2.24) is 4.98 Å². The number of aromatic nitrogens is 1. The number of aromatic amines is 1. The Kier molecular flexibility index (Phi) is 9.59.